The molecule has 0 aliphatic carbocycles. The van der Waals surface area contributed by atoms with Crippen LogP contribution in [0.3, 0.4) is 0 Å². The van der Waals surface area contributed by atoms with E-state index in [4.69, 9.17) is 4.98 Å². The molecular formula is C23H24Cl2FN3O. The number of amides is 1. The lowest BCUT2D eigenvalue weighted by molar-refractivity contribution is 0.0682. The Kier molecular flexibility index (Phi) is 6.96. The van der Waals surface area contributed by atoms with Crippen LogP contribution >= 0.6 is 24.8 Å². The minimum Gasteiger partial charge on any atom is -0.331 e. The van der Waals surface area contributed by atoms with Crippen LogP contribution in [0.5, 0.6) is 0 Å². The minimum absolute atomic E-state index is 0. The van der Waals surface area contributed by atoms with Gasteiger partial charge in [-0.15, -0.1) is 24.8 Å². The summed E-state index contributed by atoms with van der Waals surface area (Å²) >= 11 is 0. The molecule has 2 fully saturated rings. The summed E-state index contributed by atoms with van der Waals surface area (Å²) in [6.45, 7) is 1.82. The zero-order chi connectivity index (χ0) is 19.1. The van der Waals surface area contributed by atoms with Crippen LogP contribution in [0.2, 0.25) is 0 Å². The van der Waals surface area contributed by atoms with Crippen LogP contribution in [-0.4, -0.2) is 41.0 Å². The summed E-state index contributed by atoms with van der Waals surface area (Å²) in [6, 6.07) is 16.4. The number of fused-ring (bicyclic) bond motifs is 3. The Labute approximate surface area is 187 Å². The number of nitrogens with zero attached hydrogens (tertiary/aromatic N) is 2. The monoisotopic (exact) mass is 447 g/mol. The van der Waals surface area contributed by atoms with Gasteiger partial charge >= 0.3 is 0 Å². The number of carbonyl (C=O) groups is 1. The maximum Gasteiger partial charge on any atom is 0.255 e. The standard InChI is InChI=1S/C23H22FN3O.2ClH/c24-16-7-5-15(6-8-16)22-13-20(19-3-1-2-4-21(19)26-22)23(28)27-17-9-10-18(27)14-25-12-11-17;;/h1-8,13,17-18,25H,9-12,14H2;2*1H. The lowest BCUT2D eigenvalue weighted by Crippen LogP contribution is -2.42. The van der Waals surface area contributed by atoms with Crippen molar-refractivity contribution < 1.29 is 9.18 Å². The van der Waals surface area contributed by atoms with E-state index in [1.807, 2.05) is 30.3 Å². The summed E-state index contributed by atoms with van der Waals surface area (Å²) in [7, 11) is 0. The highest BCUT2D eigenvalue weighted by Crippen LogP contribution is 2.32. The van der Waals surface area contributed by atoms with Gasteiger partial charge in [0, 0.05) is 29.6 Å². The van der Waals surface area contributed by atoms with Gasteiger partial charge in [-0.2, -0.15) is 0 Å². The van der Waals surface area contributed by atoms with Crippen LogP contribution in [0.15, 0.2) is 54.6 Å². The molecule has 2 bridgehead atoms. The molecule has 7 heteroatoms. The molecule has 0 saturated carbocycles. The predicted octanol–water partition coefficient (Wildman–Crippen LogP) is 4.85. The number of rotatable bonds is 2. The molecule has 0 spiro atoms. The van der Waals surface area contributed by atoms with Gasteiger partial charge in [0.1, 0.15) is 5.82 Å². The van der Waals surface area contributed by atoms with E-state index in [0.717, 1.165) is 48.8 Å². The molecule has 0 radical (unpaired) electrons. The Hall–Kier alpha value is -2.21. The summed E-state index contributed by atoms with van der Waals surface area (Å²) in [6.07, 6.45) is 3.12. The number of hydrogen-bond donors (Lipinski definition) is 1. The molecule has 30 heavy (non-hydrogen) atoms. The van der Waals surface area contributed by atoms with Crippen LogP contribution in [-0.2, 0) is 0 Å². The molecule has 2 atom stereocenters. The van der Waals surface area contributed by atoms with Gasteiger partial charge in [0.05, 0.1) is 16.8 Å². The fourth-order valence-electron chi connectivity index (χ4n) is 4.57. The van der Waals surface area contributed by atoms with Gasteiger partial charge in [0.15, 0.2) is 0 Å². The third-order valence-corrected chi connectivity index (χ3v) is 5.98. The fourth-order valence-corrected chi connectivity index (χ4v) is 4.57. The van der Waals surface area contributed by atoms with Crippen molar-refractivity contribution in [1.82, 2.24) is 15.2 Å². The van der Waals surface area contributed by atoms with Crippen molar-refractivity contribution in [3.63, 3.8) is 0 Å². The molecule has 2 saturated heterocycles. The quantitative estimate of drug-likeness (QED) is 0.610. The zero-order valence-electron chi connectivity index (χ0n) is 16.4. The first kappa shape index (κ1) is 22.5. The molecule has 2 aliphatic rings. The molecule has 1 amide bonds. The molecule has 2 unspecified atom stereocenters. The highest BCUT2D eigenvalue weighted by molar-refractivity contribution is 6.07. The topological polar surface area (TPSA) is 45.2 Å². The van der Waals surface area contributed by atoms with Crippen molar-refractivity contribution in [3.8, 4) is 11.3 Å². The summed E-state index contributed by atoms with van der Waals surface area (Å²) in [4.78, 5) is 20.5. The van der Waals surface area contributed by atoms with E-state index in [1.54, 1.807) is 12.1 Å². The second-order valence-electron chi connectivity index (χ2n) is 7.67. The van der Waals surface area contributed by atoms with E-state index < -0.39 is 0 Å². The molecule has 1 N–H and O–H groups in total. The van der Waals surface area contributed by atoms with Gasteiger partial charge in [0.2, 0.25) is 0 Å². The molecule has 3 aromatic rings. The number of aromatic nitrogens is 1. The van der Waals surface area contributed by atoms with Crippen molar-refractivity contribution in [2.24, 2.45) is 0 Å². The number of para-hydroxylation sites is 1. The van der Waals surface area contributed by atoms with Crippen LogP contribution in [0.25, 0.3) is 22.2 Å². The van der Waals surface area contributed by atoms with Gasteiger partial charge in [-0.1, -0.05) is 18.2 Å². The second-order valence-corrected chi connectivity index (χ2v) is 7.67. The average Bonchev–Trinajstić information content (AvgIpc) is 2.99. The normalized spacial score (nSPS) is 20.2. The number of carbonyl (C=O) groups excluding carboxylic acids is 1. The third kappa shape index (κ3) is 4.02. The SMILES string of the molecule is Cl.Cl.O=C(c1cc(-c2ccc(F)cc2)nc2ccccc12)N1C2CCNCC1CC2. The average molecular weight is 448 g/mol. The number of benzene rings is 2. The molecule has 4 nitrogen and oxygen atoms in total. The van der Waals surface area contributed by atoms with E-state index >= 15 is 0 Å². The third-order valence-electron chi connectivity index (χ3n) is 5.98. The highest BCUT2D eigenvalue weighted by atomic mass is 35.5. The Morgan fingerprint density at radius 3 is 2.53 bits per heavy atom. The zero-order valence-corrected chi connectivity index (χ0v) is 18.0. The lowest BCUT2D eigenvalue weighted by Gasteiger charge is -2.28. The van der Waals surface area contributed by atoms with Crippen molar-refractivity contribution in [2.45, 2.75) is 31.3 Å². The van der Waals surface area contributed by atoms with Crippen molar-refractivity contribution in [2.75, 3.05) is 13.1 Å². The summed E-state index contributed by atoms with van der Waals surface area (Å²) in [5.74, 6) is -0.201. The first-order valence-electron chi connectivity index (χ1n) is 9.90. The molecule has 3 heterocycles. The van der Waals surface area contributed by atoms with Crippen LogP contribution in [0.1, 0.15) is 29.6 Å². The lowest BCUT2D eigenvalue weighted by atomic mass is 10.0. The van der Waals surface area contributed by atoms with Crippen LogP contribution < -0.4 is 5.32 Å². The van der Waals surface area contributed by atoms with E-state index in [-0.39, 0.29) is 42.6 Å². The number of hydrogen-bond acceptors (Lipinski definition) is 3. The van der Waals surface area contributed by atoms with Crippen molar-refractivity contribution in [1.29, 1.82) is 0 Å². The predicted molar refractivity (Wildman–Crippen MR) is 122 cm³/mol. The minimum atomic E-state index is -0.283. The summed E-state index contributed by atoms with van der Waals surface area (Å²) < 4.78 is 13.4. The van der Waals surface area contributed by atoms with E-state index in [9.17, 15) is 9.18 Å². The Morgan fingerprint density at radius 2 is 1.73 bits per heavy atom. The number of pyridine rings is 1. The number of halogens is 3. The fraction of sp³-hybridized carbons (Fsp3) is 0.304. The van der Waals surface area contributed by atoms with E-state index in [2.05, 4.69) is 10.2 Å². The van der Waals surface area contributed by atoms with Crippen molar-refractivity contribution in [3.05, 3.63) is 66.0 Å². The Balaban J connectivity index is 0.00000128. The molecule has 2 aromatic carbocycles. The van der Waals surface area contributed by atoms with Crippen molar-refractivity contribution >= 4 is 41.6 Å². The first-order chi connectivity index (χ1) is 13.7. The molecule has 2 aliphatic heterocycles. The van der Waals surface area contributed by atoms with E-state index in [0.29, 0.717) is 17.3 Å². The Bertz CT molecular complexity index is 1030. The van der Waals surface area contributed by atoms with E-state index in [1.165, 1.54) is 12.1 Å². The Morgan fingerprint density at radius 1 is 1.00 bits per heavy atom. The van der Waals surface area contributed by atoms with Gasteiger partial charge in [0.25, 0.3) is 5.91 Å². The van der Waals surface area contributed by atoms with Gasteiger partial charge in [-0.3, -0.25) is 4.79 Å². The van der Waals surface area contributed by atoms with Crippen LogP contribution in [0.4, 0.5) is 4.39 Å². The second kappa shape index (κ2) is 9.29. The smallest absolute Gasteiger partial charge is 0.255 e. The highest BCUT2D eigenvalue weighted by Gasteiger charge is 2.38. The van der Waals surface area contributed by atoms with Crippen LogP contribution in [0, 0.1) is 5.82 Å². The van der Waals surface area contributed by atoms with Gasteiger partial charge < -0.3 is 10.2 Å². The molecule has 158 valence electrons. The maximum atomic E-state index is 13.7. The summed E-state index contributed by atoms with van der Waals surface area (Å²) in [5, 5.41) is 4.32. The molecule has 5 rings (SSSR count). The summed E-state index contributed by atoms with van der Waals surface area (Å²) in [5.41, 5.74) is 2.97. The number of nitrogens with one attached hydrogen (secondary N) is 1. The van der Waals surface area contributed by atoms with Gasteiger partial charge in [-0.25, -0.2) is 9.37 Å². The van der Waals surface area contributed by atoms with Gasteiger partial charge in [-0.05, 0) is 62.2 Å². The molecule has 1 aromatic heterocycles. The maximum absolute atomic E-state index is 13.7. The largest absolute Gasteiger partial charge is 0.331 e. The molecular weight excluding hydrogens is 424 g/mol. The first-order valence-corrected chi connectivity index (χ1v) is 9.90.